The van der Waals surface area contributed by atoms with Gasteiger partial charge in [0.25, 0.3) is 5.91 Å². The van der Waals surface area contributed by atoms with Gasteiger partial charge in [-0.05, 0) is 24.0 Å². The van der Waals surface area contributed by atoms with Crippen LogP contribution in [0.3, 0.4) is 0 Å². The molecule has 2 aromatic rings. The van der Waals surface area contributed by atoms with E-state index in [-0.39, 0.29) is 5.91 Å². The molecule has 18 heavy (non-hydrogen) atoms. The Morgan fingerprint density at radius 3 is 2.44 bits per heavy atom. The Labute approximate surface area is 111 Å². The number of anilines is 1. The fourth-order valence-electron chi connectivity index (χ4n) is 1.91. The van der Waals surface area contributed by atoms with Gasteiger partial charge < -0.3 is 5.32 Å². The number of benzene rings is 1. The molecule has 1 heterocycles. The fraction of sp³-hybridized carbons (Fsp3) is 0.286. The number of aryl methyl sites for hydroxylation is 2. The van der Waals surface area contributed by atoms with Gasteiger partial charge in [-0.1, -0.05) is 32.0 Å². The number of nitrogens with zero attached hydrogens (tertiary/aromatic N) is 1. The number of carbonyl (C=O) groups is 1. The zero-order valence-electron chi connectivity index (χ0n) is 10.6. The molecule has 1 amide bonds. The van der Waals surface area contributed by atoms with E-state index in [0.29, 0.717) is 5.69 Å². The molecular formula is C14H16N2OS. The summed E-state index contributed by atoms with van der Waals surface area (Å²) in [6.07, 6.45) is 1.81. The number of carbonyl (C=O) groups excluding carboxylic acids is 1. The minimum atomic E-state index is -0.133. The normalized spacial score (nSPS) is 10.3. The average Bonchev–Trinajstić information content (AvgIpc) is 2.93. The molecule has 0 spiro atoms. The molecule has 0 radical (unpaired) electrons. The molecule has 4 heteroatoms. The average molecular weight is 260 g/mol. The van der Waals surface area contributed by atoms with E-state index in [9.17, 15) is 4.79 Å². The molecule has 0 aliphatic carbocycles. The zero-order valence-corrected chi connectivity index (χ0v) is 11.4. The van der Waals surface area contributed by atoms with Crippen LogP contribution in [-0.4, -0.2) is 10.9 Å². The summed E-state index contributed by atoms with van der Waals surface area (Å²) >= 11 is 1.43. The van der Waals surface area contributed by atoms with Crippen molar-refractivity contribution in [2.24, 2.45) is 0 Å². The third-order valence-electron chi connectivity index (χ3n) is 2.90. The first-order valence-corrected chi connectivity index (χ1v) is 7.00. The highest BCUT2D eigenvalue weighted by atomic mass is 32.1. The predicted molar refractivity (Wildman–Crippen MR) is 75.3 cm³/mol. The fourth-order valence-corrected chi connectivity index (χ4v) is 2.44. The number of para-hydroxylation sites is 1. The summed E-state index contributed by atoms with van der Waals surface area (Å²) in [6.45, 7) is 4.18. The van der Waals surface area contributed by atoms with Crippen molar-refractivity contribution in [3.05, 3.63) is 45.9 Å². The number of aromatic nitrogens is 1. The van der Waals surface area contributed by atoms with Gasteiger partial charge in [0.2, 0.25) is 0 Å². The Morgan fingerprint density at radius 1 is 1.28 bits per heavy atom. The Balaban J connectivity index is 2.30. The van der Waals surface area contributed by atoms with Crippen LogP contribution in [0.1, 0.15) is 35.5 Å². The predicted octanol–water partition coefficient (Wildman–Crippen LogP) is 3.52. The van der Waals surface area contributed by atoms with Crippen molar-refractivity contribution in [3.63, 3.8) is 0 Å². The van der Waals surface area contributed by atoms with Gasteiger partial charge >= 0.3 is 0 Å². The van der Waals surface area contributed by atoms with Crippen LogP contribution >= 0.6 is 11.3 Å². The smallest absolute Gasteiger partial charge is 0.275 e. The van der Waals surface area contributed by atoms with Gasteiger partial charge in [0.1, 0.15) is 5.69 Å². The third-order valence-corrected chi connectivity index (χ3v) is 3.49. The zero-order chi connectivity index (χ0) is 13.0. The maximum Gasteiger partial charge on any atom is 0.275 e. The molecule has 0 fully saturated rings. The van der Waals surface area contributed by atoms with E-state index in [1.165, 1.54) is 11.3 Å². The summed E-state index contributed by atoms with van der Waals surface area (Å²) < 4.78 is 0. The van der Waals surface area contributed by atoms with Crippen molar-refractivity contribution in [2.45, 2.75) is 26.7 Å². The van der Waals surface area contributed by atoms with Crippen LogP contribution in [0, 0.1) is 0 Å². The highest BCUT2D eigenvalue weighted by Gasteiger charge is 2.12. The van der Waals surface area contributed by atoms with E-state index in [0.717, 1.165) is 29.7 Å². The van der Waals surface area contributed by atoms with Gasteiger partial charge in [-0.3, -0.25) is 4.79 Å². The summed E-state index contributed by atoms with van der Waals surface area (Å²) in [5.41, 5.74) is 5.42. The molecule has 0 saturated heterocycles. The Bertz CT molecular complexity index is 512. The van der Waals surface area contributed by atoms with Crippen LogP contribution in [0.4, 0.5) is 5.69 Å². The number of nitrogens with one attached hydrogen (secondary N) is 1. The van der Waals surface area contributed by atoms with Crippen molar-refractivity contribution < 1.29 is 4.79 Å². The molecule has 1 aromatic heterocycles. The molecule has 0 aliphatic rings. The molecule has 0 atom stereocenters. The maximum absolute atomic E-state index is 12.0. The first-order chi connectivity index (χ1) is 8.76. The second-order valence-corrected chi connectivity index (χ2v) is 4.70. The van der Waals surface area contributed by atoms with Crippen LogP contribution in [0.5, 0.6) is 0 Å². The van der Waals surface area contributed by atoms with E-state index < -0.39 is 0 Å². The standard InChI is InChI=1S/C14H16N2OS/c1-3-10-6-5-7-11(4-2)13(10)16-14(17)12-8-18-9-15-12/h5-9H,3-4H2,1-2H3,(H,16,17). The lowest BCUT2D eigenvalue weighted by Crippen LogP contribution is -2.15. The summed E-state index contributed by atoms with van der Waals surface area (Å²) in [6, 6.07) is 6.14. The van der Waals surface area contributed by atoms with Gasteiger partial charge in [0.15, 0.2) is 0 Å². The Hall–Kier alpha value is -1.68. The SMILES string of the molecule is CCc1cccc(CC)c1NC(=O)c1cscn1. The van der Waals surface area contributed by atoms with Crippen LogP contribution in [0.15, 0.2) is 29.1 Å². The Morgan fingerprint density at radius 2 is 1.94 bits per heavy atom. The maximum atomic E-state index is 12.0. The van der Waals surface area contributed by atoms with Crippen LogP contribution in [-0.2, 0) is 12.8 Å². The minimum absolute atomic E-state index is 0.133. The van der Waals surface area contributed by atoms with Gasteiger partial charge in [0, 0.05) is 11.1 Å². The summed E-state index contributed by atoms with van der Waals surface area (Å²) in [5, 5.41) is 4.75. The van der Waals surface area contributed by atoms with Crippen molar-refractivity contribution in [3.8, 4) is 0 Å². The highest BCUT2D eigenvalue weighted by Crippen LogP contribution is 2.23. The van der Waals surface area contributed by atoms with Crippen molar-refractivity contribution >= 4 is 22.9 Å². The molecule has 0 unspecified atom stereocenters. The number of rotatable bonds is 4. The molecule has 0 saturated carbocycles. The highest BCUT2D eigenvalue weighted by molar-refractivity contribution is 7.07. The van der Waals surface area contributed by atoms with Gasteiger partial charge in [-0.2, -0.15) is 0 Å². The monoisotopic (exact) mass is 260 g/mol. The second kappa shape index (κ2) is 5.78. The molecule has 2 rings (SSSR count). The van der Waals surface area contributed by atoms with E-state index >= 15 is 0 Å². The molecule has 1 aromatic carbocycles. The van der Waals surface area contributed by atoms with E-state index in [4.69, 9.17) is 0 Å². The molecule has 1 N–H and O–H groups in total. The molecule has 94 valence electrons. The number of hydrogen-bond donors (Lipinski definition) is 1. The summed E-state index contributed by atoms with van der Waals surface area (Å²) in [5.74, 6) is -0.133. The minimum Gasteiger partial charge on any atom is -0.320 e. The molecule has 0 bridgehead atoms. The molecule has 0 aliphatic heterocycles. The molecular weight excluding hydrogens is 244 g/mol. The van der Waals surface area contributed by atoms with Crippen molar-refractivity contribution in [1.29, 1.82) is 0 Å². The second-order valence-electron chi connectivity index (χ2n) is 3.99. The van der Waals surface area contributed by atoms with Crippen LogP contribution in [0.2, 0.25) is 0 Å². The lowest BCUT2D eigenvalue weighted by molar-refractivity contribution is 0.102. The van der Waals surface area contributed by atoms with Gasteiger partial charge in [0.05, 0.1) is 5.51 Å². The summed E-state index contributed by atoms with van der Waals surface area (Å²) in [4.78, 5) is 16.1. The lowest BCUT2D eigenvalue weighted by Gasteiger charge is -2.13. The third kappa shape index (κ3) is 2.59. The first kappa shape index (κ1) is 12.8. The van der Waals surface area contributed by atoms with E-state index in [1.807, 2.05) is 6.07 Å². The lowest BCUT2D eigenvalue weighted by atomic mass is 10.0. The number of thiazole rings is 1. The topological polar surface area (TPSA) is 42.0 Å². The van der Waals surface area contributed by atoms with Gasteiger partial charge in [-0.25, -0.2) is 4.98 Å². The van der Waals surface area contributed by atoms with Gasteiger partial charge in [-0.15, -0.1) is 11.3 Å². The number of amides is 1. The Kier molecular flexibility index (Phi) is 4.10. The largest absolute Gasteiger partial charge is 0.320 e. The number of hydrogen-bond acceptors (Lipinski definition) is 3. The van der Waals surface area contributed by atoms with Crippen molar-refractivity contribution in [1.82, 2.24) is 4.98 Å². The quantitative estimate of drug-likeness (QED) is 0.914. The summed E-state index contributed by atoms with van der Waals surface area (Å²) in [7, 11) is 0. The van der Waals surface area contributed by atoms with E-state index in [2.05, 4.69) is 36.3 Å². The van der Waals surface area contributed by atoms with Crippen LogP contribution < -0.4 is 5.32 Å². The van der Waals surface area contributed by atoms with Crippen molar-refractivity contribution in [2.75, 3.05) is 5.32 Å². The van der Waals surface area contributed by atoms with Crippen LogP contribution in [0.25, 0.3) is 0 Å². The first-order valence-electron chi connectivity index (χ1n) is 6.06. The van der Waals surface area contributed by atoms with E-state index in [1.54, 1.807) is 10.9 Å². The molecule has 3 nitrogen and oxygen atoms in total.